The zero-order chi connectivity index (χ0) is 22.1. The highest BCUT2D eigenvalue weighted by atomic mass is 19.4. The van der Waals surface area contributed by atoms with Crippen molar-refractivity contribution in [3.05, 3.63) is 64.6 Å². The fraction of sp³-hybridized carbons (Fsp3) is 0.250. The molecule has 0 spiro atoms. The molecular formula is C20H17F3N2O5. The van der Waals surface area contributed by atoms with Gasteiger partial charge in [-0.25, -0.2) is 9.59 Å². The number of nitrogens with one attached hydrogen (secondary N) is 1. The summed E-state index contributed by atoms with van der Waals surface area (Å²) in [5.74, 6) is -2.33. The van der Waals surface area contributed by atoms with Gasteiger partial charge in [-0.1, -0.05) is 12.1 Å². The number of nitrogens with zero attached hydrogens (tertiary/aromatic N) is 1. The number of benzene rings is 2. The maximum absolute atomic E-state index is 12.6. The second-order valence-corrected chi connectivity index (χ2v) is 6.53. The first-order valence-corrected chi connectivity index (χ1v) is 8.86. The van der Waals surface area contributed by atoms with E-state index in [1.54, 1.807) is 24.3 Å². The van der Waals surface area contributed by atoms with E-state index in [0.29, 0.717) is 11.1 Å². The van der Waals surface area contributed by atoms with E-state index in [0.717, 1.165) is 28.8 Å². The number of carbonyl (C=O) groups excluding carboxylic acids is 2. The Bertz CT molecular complexity index is 1130. The minimum atomic E-state index is -4.49. The third-order valence-corrected chi connectivity index (χ3v) is 4.39. The SMILES string of the molecule is C[C@@H](OC(=O)[C@H](C)n1c(=O)oc2ccccc21)C(=O)Nc1ccc(C(F)(F)F)cc1. The van der Waals surface area contributed by atoms with Gasteiger partial charge in [0.15, 0.2) is 11.7 Å². The predicted octanol–water partition coefficient (Wildman–Crippen LogP) is 3.74. The quantitative estimate of drug-likeness (QED) is 0.633. The van der Waals surface area contributed by atoms with Crippen molar-refractivity contribution in [1.29, 1.82) is 0 Å². The Hall–Kier alpha value is -3.56. The van der Waals surface area contributed by atoms with Crippen LogP contribution in [0.5, 0.6) is 0 Å². The van der Waals surface area contributed by atoms with E-state index < -0.39 is 41.5 Å². The molecule has 3 aromatic rings. The Balaban J connectivity index is 1.66. The lowest BCUT2D eigenvalue weighted by Gasteiger charge is -2.17. The van der Waals surface area contributed by atoms with Crippen LogP contribution in [0.1, 0.15) is 25.5 Å². The largest absolute Gasteiger partial charge is 0.451 e. The molecule has 0 aliphatic rings. The molecule has 0 saturated heterocycles. The second kappa shape index (κ2) is 8.05. The number of alkyl halides is 3. The van der Waals surface area contributed by atoms with E-state index >= 15 is 0 Å². The van der Waals surface area contributed by atoms with Crippen molar-refractivity contribution in [3.63, 3.8) is 0 Å². The van der Waals surface area contributed by atoms with Gasteiger partial charge in [0.25, 0.3) is 5.91 Å². The van der Waals surface area contributed by atoms with E-state index in [9.17, 15) is 27.6 Å². The van der Waals surface area contributed by atoms with E-state index in [-0.39, 0.29) is 5.69 Å². The summed E-state index contributed by atoms with van der Waals surface area (Å²) in [6.07, 6.45) is -5.74. The zero-order valence-electron chi connectivity index (χ0n) is 15.9. The van der Waals surface area contributed by atoms with E-state index in [1.165, 1.54) is 13.8 Å². The van der Waals surface area contributed by atoms with Gasteiger partial charge in [0.05, 0.1) is 11.1 Å². The monoisotopic (exact) mass is 422 g/mol. The lowest BCUT2D eigenvalue weighted by atomic mass is 10.2. The number of rotatable bonds is 5. The van der Waals surface area contributed by atoms with Crippen molar-refractivity contribution >= 4 is 28.7 Å². The molecule has 0 aliphatic carbocycles. The van der Waals surface area contributed by atoms with Gasteiger partial charge in [0.2, 0.25) is 0 Å². The minimum absolute atomic E-state index is 0.112. The van der Waals surface area contributed by atoms with Crippen LogP contribution in [0, 0.1) is 0 Å². The van der Waals surface area contributed by atoms with Crippen LogP contribution in [0.3, 0.4) is 0 Å². The molecule has 0 aliphatic heterocycles. The van der Waals surface area contributed by atoms with Crippen molar-refractivity contribution in [2.24, 2.45) is 0 Å². The maximum atomic E-state index is 12.6. The summed E-state index contributed by atoms with van der Waals surface area (Å²) in [4.78, 5) is 36.7. The molecule has 7 nitrogen and oxygen atoms in total. The maximum Gasteiger partial charge on any atom is 0.420 e. The molecular weight excluding hydrogens is 405 g/mol. The molecule has 30 heavy (non-hydrogen) atoms. The minimum Gasteiger partial charge on any atom is -0.451 e. The van der Waals surface area contributed by atoms with Gasteiger partial charge < -0.3 is 14.5 Å². The fourth-order valence-electron chi connectivity index (χ4n) is 2.77. The van der Waals surface area contributed by atoms with Crippen molar-refractivity contribution in [1.82, 2.24) is 4.57 Å². The first-order valence-electron chi connectivity index (χ1n) is 8.86. The molecule has 3 rings (SSSR count). The predicted molar refractivity (Wildman–Crippen MR) is 101 cm³/mol. The number of anilines is 1. The molecule has 0 bridgehead atoms. The summed E-state index contributed by atoms with van der Waals surface area (Å²) >= 11 is 0. The number of oxazole rings is 1. The Labute approximate surface area is 168 Å². The van der Waals surface area contributed by atoms with Crippen LogP contribution in [-0.4, -0.2) is 22.5 Å². The van der Waals surface area contributed by atoms with E-state index in [4.69, 9.17) is 9.15 Å². The first kappa shape index (κ1) is 21.2. The van der Waals surface area contributed by atoms with Gasteiger partial charge in [-0.2, -0.15) is 13.2 Å². The number of amides is 1. The Morgan fingerprint density at radius 2 is 1.70 bits per heavy atom. The normalized spacial score (nSPS) is 13.6. The topological polar surface area (TPSA) is 90.5 Å². The van der Waals surface area contributed by atoms with Crippen LogP contribution in [0.4, 0.5) is 18.9 Å². The number of hydrogen-bond donors (Lipinski definition) is 1. The third-order valence-electron chi connectivity index (χ3n) is 4.39. The number of fused-ring (bicyclic) bond motifs is 1. The highest BCUT2D eigenvalue weighted by molar-refractivity contribution is 5.95. The number of hydrogen-bond acceptors (Lipinski definition) is 5. The Morgan fingerprint density at radius 3 is 2.33 bits per heavy atom. The number of aromatic nitrogens is 1. The lowest BCUT2D eigenvalue weighted by Crippen LogP contribution is -2.34. The highest BCUT2D eigenvalue weighted by Crippen LogP contribution is 2.29. The van der Waals surface area contributed by atoms with Gasteiger partial charge in [0, 0.05) is 5.69 Å². The molecule has 0 fully saturated rings. The fourth-order valence-corrected chi connectivity index (χ4v) is 2.77. The molecule has 1 heterocycles. The van der Waals surface area contributed by atoms with Crippen LogP contribution in [0.25, 0.3) is 11.1 Å². The van der Waals surface area contributed by atoms with Gasteiger partial charge in [-0.05, 0) is 50.2 Å². The van der Waals surface area contributed by atoms with Crippen LogP contribution in [0.15, 0.2) is 57.7 Å². The number of halogens is 3. The van der Waals surface area contributed by atoms with Crippen molar-refractivity contribution in [2.45, 2.75) is 32.2 Å². The molecule has 10 heteroatoms. The smallest absolute Gasteiger partial charge is 0.420 e. The molecule has 1 aromatic heterocycles. The summed E-state index contributed by atoms with van der Waals surface area (Å²) in [5.41, 5.74) is -0.0448. The van der Waals surface area contributed by atoms with Crippen LogP contribution in [-0.2, 0) is 20.5 Å². The van der Waals surface area contributed by atoms with Gasteiger partial charge in [-0.15, -0.1) is 0 Å². The van der Waals surface area contributed by atoms with E-state index in [1.807, 2.05) is 0 Å². The first-order chi connectivity index (χ1) is 14.1. The van der Waals surface area contributed by atoms with Crippen LogP contribution < -0.4 is 11.1 Å². The average molecular weight is 422 g/mol. The zero-order valence-corrected chi connectivity index (χ0v) is 15.9. The molecule has 2 atom stereocenters. The lowest BCUT2D eigenvalue weighted by molar-refractivity contribution is -0.156. The van der Waals surface area contributed by atoms with Gasteiger partial charge in [0.1, 0.15) is 6.04 Å². The number of esters is 1. The summed E-state index contributed by atoms with van der Waals surface area (Å²) < 4.78 is 49.1. The second-order valence-electron chi connectivity index (χ2n) is 6.53. The van der Waals surface area contributed by atoms with Crippen molar-refractivity contribution < 1.29 is 31.9 Å². The van der Waals surface area contributed by atoms with Gasteiger partial charge >= 0.3 is 17.9 Å². The average Bonchev–Trinajstić information content (AvgIpc) is 3.02. The molecule has 1 N–H and O–H groups in total. The standard InChI is InChI=1S/C20H17F3N2O5/c1-11(25-15-5-3-4-6-16(15)30-19(25)28)18(27)29-12(2)17(26)24-14-9-7-13(8-10-14)20(21,22)23/h3-12H,1-2H3,(H,24,26)/t11-,12+/m0/s1. The summed E-state index contributed by atoms with van der Waals surface area (Å²) in [5, 5.41) is 2.37. The summed E-state index contributed by atoms with van der Waals surface area (Å²) in [6, 6.07) is 9.29. The highest BCUT2D eigenvalue weighted by Gasteiger charge is 2.30. The van der Waals surface area contributed by atoms with Crippen LogP contribution >= 0.6 is 0 Å². The van der Waals surface area contributed by atoms with Gasteiger partial charge in [-0.3, -0.25) is 9.36 Å². The van der Waals surface area contributed by atoms with Crippen molar-refractivity contribution in [3.8, 4) is 0 Å². The van der Waals surface area contributed by atoms with E-state index in [2.05, 4.69) is 5.32 Å². The number of para-hydroxylation sites is 2. The number of ether oxygens (including phenoxy) is 1. The Morgan fingerprint density at radius 1 is 1.07 bits per heavy atom. The summed E-state index contributed by atoms with van der Waals surface area (Å²) in [6.45, 7) is 2.73. The molecule has 1 amide bonds. The van der Waals surface area contributed by atoms with Crippen LogP contribution in [0.2, 0.25) is 0 Å². The molecule has 0 unspecified atom stereocenters. The number of carbonyl (C=O) groups is 2. The Kier molecular flexibility index (Phi) is 5.68. The molecule has 0 saturated carbocycles. The third kappa shape index (κ3) is 4.37. The van der Waals surface area contributed by atoms with Crippen molar-refractivity contribution in [2.75, 3.05) is 5.32 Å². The molecule has 158 valence electrons. The molecule has 0 radical (unpaired) electrons. The molecule has 2 aromatic carbocycles. The summed E-state index contributed by atoms with van der Waals surface area (Å²) in [7, 11) is 0.